The van der Waals surface area contributed by atoms with Crippen LogP contribution in [0.1, 0.15) is 41.0 Å². The second-order valence-corrected chi connectivity index (χ2v) is 7.14. The van der Waals surface area contributed by atoms with Gasteiger partial charge in [-0.2, -0.15) is 0 Å². The van der Waals surface area contributed by atoms with Crippen LogP contribution in [0.4, 0.5) is 0 Å². The molecule has 3 heteroatoms. The van der Waals surface area contributed by atoms with Crippen molar-refractivity contribution < 1.29 is 4.74 Å². The maximum absolute atomic E-state index is 5.62. The van der Waals surface area contributed by atoms with Gasteiger partial charge in [-0.15, -0.1) is 0 Å². The molecule has 0 amide bonds. The van der Waals surface area contributed by atoms with E-state index in [2.05, 4.69) is 45.3 Å². The van der Waals surface area contributed by atoms with E-state index < -0.39 is 0 Å². The molecule has 0 spiro atoms. The summed E-state index contributed by atoms with van der Waals surface area (Å²) >= 11 is 0. The summed E-state index contributed by atoms with van der Waals surface area (Å²) in [7, 11) is 0. The molecule has 106 valence electrons. The molecule has 2 aliphatic rings. The lowest BCUT2D eigenvalue weighted by Crippen LogP contribution is -2.41. The smallest absolute Gasteiger partial charge is 0.0623 e. The van der Waals surface area contributed by atoms with Crippen LogP contribution in [0.2, 0.25) is 0 Å². The van der Waals surface area contributed by atoms with Crippen molar-refractivity contribution >= 4 is 0 Å². The molecule has 2 unspecified atom stereocenters. The average molecular weight is 254 g/mol. The minimum absolute atomic E-state index is 0.429. The molecule has 1 aliphatic carbocycles. The van der Waals surface area contributed by atoms with Crippen LogP contribution >= 0.6 is 0 Å². The second kappa shape index (κ2) is 5.10. The third-order valence-corrected chi connectivity index (χ3v) is 5.46. The van der Waals surface area contributed by atoms with Crippen LogP contribution in [0.3, 0.4) is 0 Å². The highest BCUT2D eigenvalue weighted by molar-refractivity contribution is 5.17. The second-order valence-electron chi connectivity index (χ2n) is 7.14. The Labute approximate surface area is 112 Å². The molecule has 2 rings (SSSR count). The van der Waals surface area contributed by atoms with Gasteiger partial charge in [-0.3, -0.25) is 0 Å². The van der Waals surface area contributed by atoms with E-state index in [0.29, 0.717) is 28.8 Å². The van der Waals surface area contributed by atoms with Gasteiger partial charge < -0.3 is 15.4 Å². The van der Waals surface area contributed by atoms with Gasteiger partial charge in [0, 0.05) is 24.5 Å². The molecule has 1 saturated heterocycles. The summed E-state index contributed by atoms with van der Waals surface area (Å²) in [6, 6.07) is 1.19. The molecule has 0 aromatic heterocycles. The SMILES string of the molecule is CCCNC1COCC1CNC1C(C)(C)C1(C)C. The largest absolute Gasteiger partial charge is 0.379 e. The third-order valence-electron chi connectivity index (χ3n) is 5.46. The number of hydrogen-bond donors (Lipinski definition) is 2. The molecule has 1 heterocycles. The van der Waals surface area contributed by atoms with Crippen molar-refractivity contribution in [3.63, 3.8) is 0 Å². The zero-order chi connectivity index (χ0) is 13.4. The Bertz CT molecular complexity index is 274. The van der Waals surface area contributed by atoms with Gasteiger partial charge in [-0.1, -0.05) is 34.6 Å². The summed E-state index contributed by atoms with van der Waals surface area (Å²) in [4.78, 5) is 0. The normalized spacial score (nSPS) is 33.8. The number of nitrogens with one attached hydrogen (secondary N) is 2. The minimum Gasteiger partial charge on any atom is -0.379 e. The van der Waals surface area contributed by atoms with E-state index in [1.807, 2.05) is 0 Å². The average Bonchev–Trinajstić information content (AvgIpc) is 2.68. The zero-order valence-electron chi connectivity index (χ0n) is 12.7. The Morgan fingerprint density at radius 2 is 1.72 bits per heavy atom. The molecule has 18 heavy (non-hydrogen) atoms. The summed E-state index contributed by atoms with van der Waals surface area (Å²) in [5.41, 5.74) is 0.859. The highest BCUT2D eigenvalue weighted by Crippen LogP contribution is 2.62. The molecule has 2 N–H and O–H groups in total. The lowest BCUT2D eigenvalue weighted by atomic mass is 10.0. The number of rotatable bonds is 6. The third kappa shape index (κ3) is 2.45. The van der Waals surface area contributed by atoms with Crippen molar-refractivity contribution in [2.24, 2.45) is 16.7 Å². The van der Waals surface area contributed by atoms with Gasteiger partial charge in [0.1, 0.15) is 0 Å². The van der Waals surface area contributed by atoms with Gasteiger partial charge in [0.25, 0.3) is 0 Å². The van der Waals surface area contributed by atoms with E-state index in [9.17, 15) is 0 Å². The van der Waals surface area contributed by atoms with Crippen molar-refractivity contribution in [1.29, 1.82) is 0 Å². The van der Waals surface area contributed by atoms with E-state index in [1.54, 1.807) is 0 Å². The van der Waals surface area contributed by atoms with Crippen LogP contribution in [0.15, 0.2) is 0 Å². The monoisotopic (exact) mass is 254 g/mol. The molecule has 3 nitrogen and oxygen atoms in total. The van der Waals surface area contributed by atoms with E-state index in [0.717, 1.165) is 26.3 Å². The molecule has 0 aromatic rings. The summed E-state index contributed by atoms with van der Waals surface area (Å²) in [5, 5.41) is 7.37. The van der Waals surface area contributed by atoms with Gasteiger partial charge in [-0.25, -0.2) is 0 Å². The zero-order valence-corrected chi connectivity index (χ0v) is 12.7. The Kier molecular flexibility index (Phi) is 4.05. The Morgan fingerprint density at radius 3 is 2.28 bits per heavy atom. The topological polar surface area (TPSA) is 33.3 Å². The quantitative estimate of drug-likeness (QED) is 0.761. The minimum atomic E-state index is 0.429. The number of hydrogen-bond acceptors (Lipinski definition) is 3. The first-order valence-electron chi connectivity index (χ1n) is 7.45. The first kappa shape index (κ1) is 14.3. The molecule has 2 fully saturated rings. The fourth-order valence-electron chi connectivity index (χ4n) is 3.33. The van der Waals surface area contributed by atoms with Gasteiger partial charge in [0.2, 0.25) is 0 Å². The Morgan fingerprint density at radius 1 is 1.06 bits per heavy atom. The molecule has 0 aromatic carbocycles. The highest BCUT2D eigenvalue weighted by atomic mass is 16.5. The molecule has 2 atom stereocenters. The van der Waals surface area contributed by atoms with Gasteiger partial charge >= 0.3 is 0 Å². The van der Waals surface area contributed by atoms with Gasteiger partial charge in [0.05, 0.1) is 13.2 Å². The van der Waals surface area contributed by atoms with Crippen LogP contribution < -0.4 is 10.6 Å². The predicted molar refractivity (Wildman–Crippen MR) is 75.7 cm³/mol. The van der Waals surface area contributed by atoms with Crippen molar-refractivity contribution in [1.82, 2.24) is 10.6 Å². The highest BCUT2D eigenvalue weighted by Gasteiger charge is 2.64. The maximum atomic E-state index is 5.62. The molecular weight excluding hydrogens is 224 g/mol. The van der Waals surface area contributed by atoms with E-state index in [4.69, 9.17) is 4.74 Å². The van der Waals surface area contributed by atoms with Crippen molar-refractivity contribution in [3.8, 4) is 0 Å². The maximum Gasteiger partial charge on any atom is 0.0623 e. The molecular formula is C15H30N2O. The Hall–Kier alpha value is -0.120. The van der Waals surface area contributed by atoms with Crippen LogP contribution in [0.25, 0.3) is 0 Å². The van der Waals surface area contributed by atoms with Crippen molar-refractivity contribution in [2.75, 3.05) is 26.3 Å². The van der Waals surface area contributed by atoms with E-state index in [1.165, 1.54) is 6.42 Å². The first-order chi connectivity index (χ1) is 8.41. The van der Waals surface area contributed by atoms with Gasteiger partial charge in [-0.05, 0) is 23.8 Å². The van der Waals surface area contributed by atoms with Crippen molar-refractivity contribution in [3.05, 3.63) is 0 Å². The van der Waals surface area contributed by atoms with Crippen molar-refractivity contribution in [2.45, 2.75) is 53.1 Å². The van der Waals surface area contributed by atoms with Crippen LogP contribution in [-0.4, -0.2) is 38.4 Å². The fraction of sp³-hybridized carbons (Fsp3) is 1.00. The first-order valence-corrected chi connectivity index (χ1v) is 7.45. The molecule has 0 radical (unpaired) electrons. The van der Waals surface area contributed by atoms with Crippen LogP contribution in [-0.2, 0) is 4.74 Å². The van der Waals surface area contributed by atoms with E-state index >= 15 is 0 Å². The molecule has 1 saturated carbocycles. The van der Waals surface area contributed by atoms with E-state index in [-0.39, 0.29) is 0 Å². The Balaban J connectivity index is 1.77. The standard InChI is InChI=1S/C15H30N2O/c1-6-7-16-12-10-18-9-11(12)8-17-13-14(2,3)15(13,4)5/h11-13,16-17H,6-10H2,1-5H3. The number of ether oxygens (including phenoxy) is 1. The summed E-state index contributed by atoms with van der Waals surface area (Å²) in [5.74, 6) is 0.628. The van der Waals surface area contributed by atoms with Crippen LogP contribution in [0.5, 0.6) is 0 Å². The van der Waals surface area contributed by atoms with Gasteiger partial charge in [0.15, 0.2) is 0 Å². The lowest BCUT2D eigenvalue weighted by Gasteiger charge is -2.20. The summed E-state index contributed by atoms with van der Waals surface area (Å²) in [6.45, 7) is 15.6. The molecule has 1 aliphatic heterocycles. The fourth-order valence-corrected chi connectivity index (χ4v) is 3.33. The van der Waals surface area contributed by atoms with Crippen LogP contribution in [0, 0.1) is 16.7 Å². The summed E-state index contributed by atoms with van der Waals surface area (Å²) in [6.07, 6.45) is 1.19. The molecule has 0 bridgehead atoms. The predicted octanol–water partition coefficient (Wildman–Crippen LogP) is 2.03. The summed E-state index contributed by atoms with van der Waals surface area (Å²) < 4.78 is 5.62. The lowest BCUT2D eigenvalue weighted by molar-refractivity contribution is 0.182.